The van der Waals surface area contributed by atoms with Gasteiger partial charge in [0.25, 0.3) is 5.91 Å². The third-order valence-electron chi connectivity index (χ3n) is 3.99. The van der Waals surface area contributed by atoms with Crippen LogP contribution < -0.4 is 16.0 Å². The highest BCUT2D eigenvalue weighted by molar-refractivity contribution is 5.93. The number of carbonyl (C=O) groups is 2. The summed E-state index contributed by atoms with van der Waals surface area (Å²) < 4.78 is 0. The Morgan fingerprint density at radius 2 is 1.83 bits per heavy atom. The van der Waals surface area contributed by atoms with E-state index in [0.717, 1.165) is 18.4 Å². The quantitative estimate of drug-likeness (QED) is 0.791. The second-order valence-electron chi connectivity index (χ2n) is 5.81. The van der Waals surface area contributed by atoms with E-state index in [1.807, 2.05) is 30.3 Å². The zero-order chi connectivity index (χ0) is 16.9. The Hall–Kier alpha value is -2.89. The van der Waals surface area contributed by atoms with Gasteiger partial charge >= 0.3 is 6.03 Å². The molecule has 0 bridgehead atoms. The Morgan fingerprint density at radius 3 is 2.50 bits per heavy atom. The Kier molecular flexibility index (Phi) is 4.74. The fraction of sp³-hybridized carbons (Fsp3) is 0.278. The maximum Gasteiger partial charge on any atom is 0.320 e. The molecule has 1 aromatic heterocycles. The molecule has 1 heterocycles. The van der Waals surface area contributed by atoms with E-state index in [4.69, 9.17) is 0 Å². The number of nitrogens with one attached hydrogen (secondary N) is 3. The smallest absolute Gasteiger partial charge is 0.320 e. The van der Waals surface area contributed by atoms with Crippen LogP contribution in [0.25, 0.3) is 0 Å². The topological polar surface area (TPSA) is 83.1 Å². The van der Waals surface area contributed by atoms with Crippen LogP contribution in [-0.2, 0) is 0 Å². The van der Waals surface area contributed by atoms with Crippen LogP contribution in [0.2, 0.25) is 0 Å². The van der Waals surface area contributed by atoms with Crippen LogP contribution in [0.3, 0.4) is 0 Å². The van der Waals surface area contributed by atoms with E-state index in [-0.39, 0.29) is 23.7 Å². The number of nitrogens with zero attached hydrogens (tertiary/aromatic N) is 1. The minimum atomic E-state index is -0.322. The molecule has 0 saturated heterocycles. The number of pyridine rings is 1. The molecule has 1 fully saturated rings. The number of anilines is 1. The summed E-state index contributed by atoms with van der Waals surface area (Å²) in [6, 6.07) is 14.5. The molecule has 1 aliphatic rings. The zero-order valence-corrected chi connectivity index (χ0v) is 13.5. The molecule has 1 aromatic carbocycles. The van der Waals surface area contributed by atoms with Crippen LogP contribution in [0.4, 0.5) is 10.6 Å². The van der Waals surface area contributed by atoms with E-state index in [2.05, 4.69) is 20.9 Å². The Bertz CT molecular complexity index is 729. The van der Waals surface area contributed by atoms with E-state index in [1.54, 1.807) is 18.2 Å². The molecular formula is C18H20N4O2. The maximum atomic E-state index is 12.3. The van der Waals surface area contributed by atoms with Crippen LogP contribution in [0.5, 0.6) is 0 Å². The Labute approximate surface area is 140 Å². The second kappa shape index (κ2) is 7.12. The molecule has 124 valence electrons. The van der Waals surface area contributed by atoms with Crippen molar-refractivity contribution in [2.45, 2.75) is 18.9 Å². The summed E-state index contributed by atoms with van der Waals surface area (Å²) in [5.41, 5.74) is 1.36. The van der Waals surface area contributed by atoms with E-state index >= 15 is 0 Å². The van der Waals surface area contributed by atoms with Crippen molar-refractivity contribution >= 4 is 17.8 Å². The van der Waals surface area contributed by atoms with Crippen molar-refractivity contribution in [1.82, 2.24) is 15.6 Å². The zero-order valence-electron chi connectivity index (χ0n) is 13.5. The van der Waals surface area contributed by atoms with Gasteiger partial charge in [0.15, 0.2) is 0 Å². The number of amides is 3. The van der Waals surface area contributed by atoms with Gasteiger partial charge < -0.3 is 10.6 Å². The third kappa shape index (κ3) is 3.90. The van der Waals surface area contributed by atoms with Crippen LogP contribution in [-0.4, -0.2) is 24.0 Å². The first-order chi connectivity index (χ1) is 11.7. The van der Waals surface area contributed by atoms with Gasteiger partial charge in [-0.05, 0) is 36.5 Å². The van der Waals surface area contributed by atoms with Crippen molar-refractivity contribution in [1.29, 1.82) is 0 Å². The van der Waals surface area contributed by atoms with Crippen LogP contribution >= 0.6 is 0 Å². The predicted molar refractivity (Wildman–Crippen MR) is 91.7 cm³/mol. The Balaban J connectivity index is 1.67. The number of rotatable bonds is 5. The van der Waals surface area contributed by atoms with Crippen molar-refractivity contribution < 1.29 is 9.59 Å². The van der Waals surface area contributed by atoms with E-state index in [0.29, 0.717) is 11.7 Å². The van der Waals surface area contributed by atoms with Gasteiger partial charge in [-0.2, -0.15) is 0 Å². The first-order valence-electron chi connectivity index (χ1n) is 7.99. The summed E-state index contributed by atoms with van der Waals surface area (Å²) in [7, 11) is 1.54. The standard InChI is InChI=1S/C18H20N4O2/c1-19-17(23)14-8-5-9-15(20-14)21-18(24)22-16(13-10-11-13)12-6-3-2-4-7-12/h2-9,13,16H,10-11H2,1H3,(H,19,23)(H2,20,21,22,24)/t16-/m1/s1. The van der Waals surface area contributed by atoms with Crippen LogP contribution in [0, 0.1) is 5.92 Å². The van der Waals surface area contributed by atoms with Gasteiger partial charge in [-0.1, -0.05) is 36.4 Å². The van der Waals surface area contributed by atoms with Crippen LogP contribution in [0.1, 0.15) is 34.9 Å². The molecule has 24 heavy (non-hydrogen) atoms. The second-order valence-corrected chi connectivity index (χ2v) is 5.81. The molecule has 3 N–H and O–H groups in total. The highest BCUT2D eigenvalue weighted by Gasteiger charge is 2.33. The van der Waals surface area contributed by atoms with Crippen molar-refractivity contribution in [3.8, 4) is 0 Å². The lowest BCUT2D eigenvalue weighted by Gasteiger charge is -2.19. The van der Waals surface area contributed by atoms with Crippen molar-refractivity contribution in [3.63, 3.8) is 0 Å². The number of aromatic nitrogens is 1. The number of hydrogen-bond donors (Lipinski definition) is 3. The predicted octanol–water partition coefficient (Wildman–Crippen LogP) is 2.71. The van der Waals surface area contributed by atoms with Gasteiger partial charge in [-0.3, -0.25) is 10.1 Å². The highest BCUT2D eigenvalue weighted by Crippen LogP contribution is 2.40. The van der Waals surface area contributed by atoms with Gasteiger partial charge in [0.05, 0.1) is 6.04 Å². The SMILES string of the molecule is CNC(=O)c1cccc(NC(=O)N[C@H](c2ccccc2)C2CC2)n1. The first kappa shape index (κ1) is 16.0. The molecule has 2 aromatic rings. The average molecular weight is 324 g/mol. The van der Waals surface area contributed by atoms with Gasteiger partial charge in [-0.25, -0.2) is 9.78 Å². The molecule has 1 saturated carbocycles. The molecule has 3 rings (SSSR count). The molecular weight excluding hydrogens is 304 g/mol. The van der Waals surface area contributed by atoms with E-state index in [9.17, 15) is 9.59 Å². The average Bonchev–Trinajstić information content (AvgIpc) is 3.45. The van der Waals surface area contributed by atoms with Gasteiger partial charge in [0, 0.05) is 7.05 Å². The molecule has 3 amide bonds. The van der Waals surface area contributed by atoms with Crippen molar-refractivity contribution in [2.75, 3.05) is 12.4 Å². The van der Waals surface area contributed by atoms with E-state index in [1.165, 1.54) is 7.05 Å². The number of benzene rings is 1. The van der Waals surface area contributed by atoms with Crippen molar-refractivity contribution in [3.05, 3.63) is 59.8 Å². The lowest BCUT2D eigenvalue weighted by atomic mass is 10.0. The summed E-state index contributed by atoms with van der Waals surface area (Å²) in [6.07, 6.45) is 2.23. The fourth-order valence-corrected chi connectivity index (χ4v) is 2.62. The summed E-state index contributed by atoms with van der Waals surface area (Å²) in [5, 5.41) is 8.23. The molecule has 0 radical (unpaired) electrons. The van der Waals surface area contributed by atoms with E-state index < -0.39 is 0 Å². The summed E-state index contributed by atoms with van der Waals surface area (Å²) >= 11 is 0. The molecule has 0 aliphatic heterocycles. The molecule has 1 atom stereocenters. The maximum absolute atomic E-state index is 12.3. The van der Waals surface area contributed by atoms with Crippen molar-refractivity contribution in [2.24, 2.45) is 5.92 Å². The van der Waals surface area contributed by atoms with Gasteiger partial charge in [0.1, 0.15) is 11.5 Å². The normalized spacial score (nSPS) is 14.5. The number of urea groups is 1. The van der Waals surface area contributed by atoms with Gasteiger partial charge in [-0.15, -0.1) is 0 Å². The molecule has 0 unspecified atom stereocenters. The number of hydrogen-bond acceptors (Lipinski definition) is 3. The Morgan fingerprint density at radius 1 is 1.08 bits per heavy atom. The minimum Gasteiger partial charge on any atom is -0.354 e. The fourth-order valence-electron chi connectivity index (χ4n) is 2.62. The van der Waals surface area contributed by atoms with Gasteiger partial charge in [0.2, 0.25) is 0 Å². The first-order valence-corrected chi connectivity index (χ1v) is 7.99. The summed E-state index contributed by atoms with van der Waals surface area (Å²) in [4.78, 5) is 28.1. The molecule has 0 spiro atoms. The minimum absolute atomic E-state index is 0.00618. The molecule has 1 aliphatic carbocycles. The summed E-state index contributed by atoms with van der Waals surface area (Å²) in [5.74, 6) is 0.527. The third-order valence-corrected chi connectivity index (χ3v) is 3.99. The lowest BCUT2D eigenvalue weighted by Crippen LogP contribution is -2.34. The monoisotopic (exact) mass is 324 g/mol. The summed E-state index contributed by atoms with van der Waals surface area (Å²) in [6.45, 7) is 0. The molecule has 6 heteroatoms. The van der Waals surface area contributed by atoms with Crippen LogP contribution in [0.15, 0.2) is 48.5 Å². The number of carbonyl (C=O) groups excluding carboxylic acids is 2. The lowest BCUT2D eigenvalue weighted by molar-refractivity contribution is 0.0958. The highest BCUT2D eigenvalue weighted by atomic mass is 16.2. The molecule has 6 nitrogen and oxygen atoms in total. The largest absolute Gasteiger partial charge is 0.354 e.